The van der Waals surface area contributed by atoms with Gasteiger partial charge in [0.05, 0.1) is 10.3 Å². The lowest BCUT2D eigenvalue weighted by Gasteiger charge is -2.59. The first-order chi connectivity index (χ1) is 10.3. The molecule has 2 heterocycles. The summed E-state index contributed by atoms with van der Waals surface area (Å²) >= 11 is 0. The highest BCUT2D eigenvalue weighted by atomic mass is 16.6. The van der Waals surface area contributed by atoms with E-state index >= 15 is 0 Å². The molecule has 6 nitrogen and oxygen atoms in total. The standard InChI is InChI=1S/C16H18N2O4/c1-3-8-17-13(19)15(2)9-16(10-15,14(17)20)11-4-6-12(7-5-11)18(21)22/h4-7H,3,8-10H2,1-2H3. The van der Waals surface area contributed by atoms with E-state index in [9.17, 15) is 19.7 Å². The van der Waals surface area contributed by atoms with Crippen LogP contribution in [0.1, 0.15) is 38.7 Å². The van der Waals surface area contributed by atoms with Crippen LogP contribution in [0.15, 0.2) is 24.3 Å². The number of piperidine rings is 2. The minimum atomic E-state index is -0.688. The van der Waals surface area contributed by atoms with Gasteiger partial charge >= 0.3 is 0 Å². The van der Waals surface area contributed by atoms with Crippen LogP contribution in [0, 0.1) is 15.5 Å². The summed E-state index contributed by atoms with van der Waals surface area (Å²) in [5, 5.41) is 10.8. The van der Waals surface area contributed by atoms with Gasteiger partial charge in [-0.25, -0.2) is 0 Å². The van der Waals surface area contributed by atoms with Crippen molar-refractivity contribution in [2.24, 2.45) is 5.41 Å². The lowest BCUT2D eigenvalue weighted by molar-refractivity contribution is -0.384. The number of rotatable bonds is 4. The van der Waals surface area contributed by atoms with E-state index in [0.717, 1.165) is 12.0 Å². The van der Waals surface area contributed by atoms with Gasteiger partial charge in [0.25, 0.3) is 5.69 Å². The third kappa shape index (κ3) is 1.79. The van der Waals surface area contributed by atoms with Crippen LogP contribution in [-0.4, -0.2) is 28.2 Å². The molecule has 2 amide bonds. The van der Waals surface area contributed by atoms with Crippen LogP contribution in [0.25, 0.3) is 0 Å². The van der Waals surface area contributed by atoms with Crippen molar-refractivity contribution in [1.29, 1.82) is 0 Å². The van der Waals surface area contributed by atoms with E-state index in [4.69, 9.17) is 0 Å². The minimum absolute atomic E-state index is 0.00647. The Labute approximate surface area is 128 Å². The highest BCUT2D eigenvalue weighted by molar-refractivity contribution is 6.09. The Balaban J connectivity index is 1.98. The predicted octanol–water partition coefficient (Wildman–Crippen LogP) is 2.41. The molecule has 0 radical (unpaired) electrons. The van der Waals surface area contributed by atoms with Crippen molar-refractivity contribution in [3.8, 4) is 0 Å². The summed E-state index contributed by atoms with van der Waals surface area (Å²) in [6.45, 7) is 4.26. The van der Waals surface area contributed by atoms with Gasteiger partial charge in [-0.3, -0.25) is 24.6 Å². The molecule has 1 aromatic carbocycles. The van der Waals surface area contributed by atoms with Crippen LogP contribution in [0.2, 0.25) is 0 Å². The Kier molecular flexibility index (Phi) is 3.09. The summed E-state index contributed by atoms with van der Waals surface area (Å²) < 4.78 is 0. The number of fused-ring (bicyclic) bond motifs is 2. The van der Waals surface area contributed by atoms with E-state index in [1.165, 1.54) is 17.0 Å². The molecule has 0 atom stereocenters. The van der Waals surface area contributed by atoms with Crippen molar-refractivity contribution >= 4 is 17.5 Å². The van der Waals surface area contributed by atoms with Crippen LogP contribution in [0.5, 0.6) is 0 Å². The monoisotopic (exact) mass is 302 g/mol. The first kappa shape index (κ1) is 14.7. The SMILES string of the molecule is CCCN1C(=O)C2(C)CC(c3ccc([N+](=O)[O-])cc3)(C2)C1=O. The van der Waals surface area contributed by atoms with Crippen LogP contribution in [-0.2, 0) is 15.0 Å². The van der Waals surface area contributed by atoms with E-state index in [1.54, 1.807) is 12.1 Å². The highest BCUT2D eigenvalue weighted by Gasteiger charge is 2.67. The van der Waals surface area contributed by atoms with Gasteiger partial charge in [-0.2, -0.15) is 0 Å². The van der Waals surface area contributed by atoms with Gasteiger partial charge in [-0.05, 0) is 24.8 Å². The summed E-state index contributed by atoms with van der Waals surface area (Å²) in [5.74, 6) is -0.236. The lowest BCUT2D eigenvalue weighted by Crippen LogP contribution is -2.70. The number of carbonyl (C=O) groups is 2. The van der Waals surface area contributed by atoms with E-state index in [-0.39, 0.29) is 17.5 Å². The molecule has 0 unspecified atom stereocenters. The normalized spacial score (nSPS) is 30.2. The van der Waals surface area contributed by atoms with Crippen molar-refractivity contribution in [2.75, 3.05) is 6.54 Å². The average molecular weight is 302 g/mol. The number of hydrogen-bond donors (Lipinski definition) is 0. The molecule has 1 aromatic rings. The molecule has 22 heavy (non-hydrogen) atoms. The molecule has 2 bridgehead atoms. The number of nitrogens with zero attached hydrogens (tertiary/aromatic N) is 2. The molecule has 1 saturated carbocycles. The fourth-order valence-electron chi connectivity index (χ4n) is 3.92. The van der Waals surface area contributed by atoms with E-state index in [1.807, 2.05) is 13.8 Å². The van der Waals surface area contributed by atoms with Crippen LogP contribution < -0.4 is 0 Å². The van der Waals surface area contributed by atoms with Gasteiger partial charge in [0.1, 0.15) is 0 Å². The van der Waals surface area contributed by atoms with Crippen molar-refractivity contribution in [2.45, 2.75) is 38.5 Å². The van der Waals surface area contributed by atoms with Gasteiger partial charge in [0.2, 0.25) is 11.8 Å². The van der Waals surface area contributed by atoms with E-state index in [0.29, 0.717) is 19.4 Å². The molecule has 4 rings (SSSR count). The number of hydrogen-bond acceptors (Lipinski definition) is 4. The molecule has 2 aliphatic heterocycles. The molecule has 3 fully saturated rings. The fraction of sp³-hybridized carbons (Fsp3) is 0.500. The van der Waals surface area contributed by atoms with Crippen LogP contribution in [0.3, 0.4) is 0 Å². The highest BCUT2D eigenvalue weighted by Crippen LogP contribution is 2.60. The molecular weight excluding hydrogens is 284 g/mol. The second-order valence-electron chi connectivity index (χ2n) is 6.56. The zero-order valence-corrected chi connectivity index (χ0v) is 12.7. The molecule has 0 spiro atoms. The van der Waals surface area contributed by atoms with E-state index in [2.05, 4.69) is 0 Å². The Morgan fingerprint density at radius 1 is 1.18 bits per heavy atom. The molecule has 2 saturated heterocycles. The number of non-ortho nitro benzene ring substituents is 1. The second-order valence-corrected chi connectivity index (χ2v) is 6.56. The summed E-state index contributed by atoms with van der Waals surface area (Å²) in [7, 11) is 0. The molecule has 0 aromatic heterocycles. The second kappa shape index (κ2) is 4.63. The van der Waals surface area contributed by atoms with Crippen LogP contribution >= 0.6 is 0 Å². The van der Waals surface area contributed by atoms with Crippen molar-refractivity contribution in [3.63, 3.8) is 0 Å². The number of benzene rings is 1. The van der Waals surface area contributed by atoms with Crippen molar-refractivity contribution in [1.82, 2.24) is 4.90 Å². The molecular formula is C16H18N2O4. The Morgan fingerprint density at radius 2 is 1.77 bits per heavy atom. The largest absolute Gasteiger partial charge is 0.281 e. The summed E-state index contributed by atoms with van der Waals surface area (Å²) in [6, 6.07) is 6.15. The topological polar surface area (TPSA) is 80.5 Å². The zero-order valence-electron chi connectivity index (χ0n) is 12.7. The van der Waals surface area contributed by atoms with Crippen LogP contribution in [0.4, 0.5) is 5.69 Å². The van der Waals surface area contributed by atoms with Crippen molar-refractivity contribution in [3.05, 3.63) is 39.9 Å². The van der Waals surface area contributed by atoms with Gasteiger partial charge in [0.15, 0.2) is 0 Å². The first-order valence-corrected chi connectivity index (χ1v) is 7.45. The third-order valence-corrected chi connectivity index (χ3v) is 4.88. The smallest absolute Gasteiger partial charge is 0.269 e. The number of amides is 2. The van der Waals surface area contributed by atoms with Gasteiger partial charge in [0, 0.05) is 24.1 Å². The summed E-state index contributed by atoms with van der Waals surface area (Å²) in [4.78, 5) is 36.9. The molecule has 0 N–H and O–H groups in total. The molecule has 1 aliphatic carbocycles. The molecule has 3 aliphatic rings. The average Bonchev–Trinajstić information content (AvgIpc) is 2.46. The van der Waals surface area contributed by atoms with Gasteiger partial charge in [-0.1, -0.05) is 26.0 Å². The minimum Gasteiger partial charge on any atom is -0.281 e. The first-order valence-electron chi connectivity index (χ1n) is 7.45. The maximum absolute atomic E-state index is 12.8. The predicted molar refractivity (Wildman–Crippen MR) is 79.1 cm³/mol. The lowest BCUT2D eigenvalue weighted by atomic mass is 9.47. The maximum atomic E-state index is 12.8. The number of nitro benzene ring substituents is 1. The number of carbonyl (C=O) groups excluding carboxylic acids is 2. The number of nitro groups is 1. The van der Waals surface area contributed by atoms with Gasteiger partial charge in [-0.15, -0.1) is 0 Å². The summed E-state index contributed by atoms with van der Waals surface area (Å²) in [6.07, 6.45) is 1.72. The third-order valence-electron chi connectivity index (χ3n) is 4.88. The maximum Gasteiger partial charge on any atom is 0.269 e. The molecule has 116 valence electrons. The number of imide groups is 1. The quantitative estimate of drug-likeness (QED) is 0.486. The zero-order chi connectivity index (χ0) is 16.1. The Morgan fingerprint density at radius 3 is 2.27 bits per heavy atom. The fourth-order valence-corrected chi connectivity index (χ4v) is 3.92. The Bertz CT molecular complexity index is 659. The van der Waals surface area contributed by atoms with E-state index < -0.39 is 15.8 Å². The van der Waals surface area contributed by atoms with Gasteiger partial charge < -0.3 is 0 Å². The summed E-state index contributed by atoms with van der Waals surface area (Å²) in [5.41, 5.74) is -0.390. The Hall–Kier alpha value is -2.24. The van der Waals surface area contributed by atoms with Crippen molar-refractivity contribution < 1.29 is 14.5 Å². The molecule has 6 heteroatoms.